The Morgan fingerprint density at radius 1 is 1.80 bits per heavy atom. The van der Waals surface area contributed by atoms with Gasteiger partial charge in [0.2, 0.25) is 0 Å². The third-order valence-electron chi connectivity index (χ3n) is 1.35. The number of thioether (sulfide) groups is 1. The molecule has 10 heavy (non-hydrogen) atoms. The van der Waals surface area contributed by atoms with Crippen LogP contribution in [-0.2, 0) is 0 Å². The lowest BCUT2D eigenvalue weighted by Crippen LogP contribution is -2.17. The maximum absolute atomic E-state index is 8.23. The van der Waals surface area contributed by atoms with E-state index in [1.165, 1.54) is 0 Å². The Morgan fingerprint density at radius 2 is 2.40 bits per heavy atom. The molecule has 0 bridgehead atoms. The summed E-state index contributed by atoms with van der Waals surface area (Å²) in [6.45, 7) is 2.09. The lowest BCUT2D eigenvalue weighted by molar-refractivity contribution is 0.316. The van der Waals surface area contributed by atoms with E-state index in [9.17, 15) is 0 Å². The van der Waals surface area contributed by atoms with Gasteiger partial charge in [-0.2, -0.15) is 11.8 Å². The maximum atomic E-state index is 8.23. The number of rotatable bonds is 4. The molecule has 0 saturated carbocycles. The van der Waals surface area contributed by atoms with Gasteiger partial charge >= 0.3 is 0 Å². The molecule has 0 aliphatic rings. The summed E-state index contributed by atoms with van der Waals surface area (Å²) in [6.07, 6.45) is 3.75. The van der Waals surface area contributed by atoms with Crippen LogP contribution in [0.1, 0.15) is 19.8 Å². The van der Waals surface area contributed by atoms with E-state index >= 15 is 0 Å². The lowest BCUT2D eigenvalue weighted by atomic mass is 10.2. The highest BCUT2D eigenvalue weighted by atomic mass is 32.2. The van der Waals surface area contributed by atoms with Crippen molar-refractivity contribution in [2.45, 2.75) is 25.0 Å². The van der Waals surface area contributed by atoms with Crippen LogP contribution in [0.5, 0.6) is 0 Å². The number of hydrogen-bond donors (Lipinski definition) is 2. The van der Waals surface area contributed by atoms with Crippen molar-refractivity contribution in [2.24, 2.45) is 10.9 Å². The van der Waals surface area contributed by atoms with Crippen LogP contribution in [0.2, 0.25) is 0 Å². The van der Waals surface area contributed by atoms with Gasteiger partial charge in [-0.25, -0.2) is 0 Å². The first-order chi connectivity index (χ1) is 4.74. The summed E-state index contributed by atoms with van der Waals surface area (Å²) in [6, 6.07) is 0. The van der Waals surface area contributed by atoms with E-state index in [-0.39, 0.29) is 0 Å². The minimum Gasteiger partial charge on any atom is -0.409 e. The van der Waals surface area contributed by atoms with Crippen LogP contribution in [0.4, 0.5) is 0 Å². The average molecular weight is 162 g/mol. The number of hydrogen-bond acceptors (Lipinski definition) is 3. The largest absolute Gasteiger partial charge is 0.409 e. The third kappa shape index (κ3) is 3.61. The Labute approximate surface area is 65.7 Å². The first kappa shape index (κ1) is 9.62. The van der Waals surface area contributed by atoms with Crippen molar-refractivity contribution in [3.63, 3.8) is 0 Å². The topological polar surface area (TPSA) is 58.6 Å². The molecule has 0 fully saturated rings. The predicted molar refractivity (Wildman–Crippen MR) is 45.6 cm³/mol. The summed E-state index contributed by atoms with van der Waals surface area (Å²) in [5, 5.41) is 11.6. The molecule has 0 rings (SSSR count). The van der Waals surface area contributed by atoms with Crippen LogP contribution in [0.15, 0.2) is 5.16 Å². The number of nitrogens with zero attached hydrogens (tertiary/aromatic N) is 1. The number of oxime groups is 1. The summed E-state index contributed by atoms with van der Waals surface area (Å²) in [5.74, 6) is 0.321. The Hall–Kier alpha value is -0.380. The molecule has 0 radical (unpaired) electrons. The highest BCUT2D eigenvalue weighted by Crippen LogP contribution is 2.13. The summed E-state index contributed by atoms with van der Waals surface area (Å²) in [7, 11) is 0. The SMILES string of the molecule is CCC(C/C(N)=N/O)SC. The minimum atomic E-state index is 0.321. The van der Waals surface area contributed by atoms with E-state index in [4.69, 9.17) is 10.9 Å². The van der Waals surface area contributed by atoms with Crippen molar-refractivity contribution in [1.82, 2.24) is 0 Å². The van der Waals surface area contributed by atoms with E-state index in [0.29, 0.717) is 17.5 Å². The van der Waals surface area contributed by atoms with Crippen LogP contribution >= 0.6 is 11.8 Å². The van der Waals surface area contributed by atoms with Crippen molar-refractivity contribution in [2.75, 3.05) is 6.26 Å². The molecule has 0 heterocycles. The van der Waals surface area contributed by atoms with E-state index < -0.39 is 0 Å². The highest BCUT2D eigenvalue weighted by molar-refractivity contribution is 7.99. The molecule has 0 aromatic rings. The van der Waals surface area contributed by atoms with Gasteiger partial charge in [0, 0.05) is 11.7 Å². The molecule has 0 spiro atoms. The molecule has 0 aromatic carbocycles. The molecule has 0 saturated heterocycles. The van der Waals surface area contributed by atoms with Gasteiger partial charge in [0.05, 0.1) is 0 Å². The monoisotopic (exact) mass is 162 g/mol. The van der Waals surface area contributed by atoms with Gasteiger partial charge < -0.3 is 10.9 Å². The Morgan fingerprint density at radius 3 is 2.70 bits per heavy atom. The van der Waals surface area contributed by atoms with Crippen LogP contribution in [0, 0.1) is 0 Å². The van der Waals surface area contributed by atoms with Crippen molar-refractivity contribution in [1.29, 1.82) is 0 Å². The molecular formula is C6H14N2OS. The lowest BCUT2D eigenvalue weighted by Gasteiger charge is -2.08. The first-order valence-corrected chi connectivity index (χ1v) is 4.52. The van der Waals surface area contributed by atoms with E-state index in [1.54, 1.807) is 11.8 Å². The quantitative estimate of drug-likeness (QED) is 0.283. The van der Waals surface area contributed by atoms with Gasteiger partial charge in [0.25, 0.3) is 0 Å². The zero-order valence-corrected chi connectivity index (χ0v) is 7.19. The average Bonchev–Trinajstić information content (AvgIpc) is 1.99. The molecule has 0 amide bonds. The molecule has 0 aliphatic heterocycles. The molecular weight excluding hydrogens is 148 g/mol. The van der Waals surface area contributed by atoms with E-state index in [2.05, 4.69) is 12.1 Å². The van der Waals surface area contributed by atoms with Crippen molar-refractivity contribution in [3.8, 4) is 0 Å². The first-order valence-electron chi connectivity index (χ1n) is 3.23. The Kier molecular flexibility index (Phi) is 5.20. The molecule has 0 aromatic heterocycles. The molecule has 4 heteroatoms. The fraction of sp³-hybridized carbons (Fsp3) is 0.833. The second kappa shape index (κ2) is 5.41. The van der Waals surface area contributed by atoms with Crippen LogP contribution in [0.3, 0.4) is 0 Å². The van der Waals surface area contributed by atoms with Crippen LogP contribution in [0.25, 0.3) is 0 Å². The van der Waals surface area contributed by atoms with Gasteiger partial charge in [-0.1, -0.05) is 12.1 Å². The van der Waals surface area contributed by atoms with Crippen LogP contribution < -0.4 is 5.73 Å². The molecule has 60 valence electrons. The minimum absolute atomic E-state index is 0.321. The van der Waals surface area contributed by atoms with Gasteiger partial charge in [0.15, 0.2) is 0 Å². The standard InChI is InChI=1S/C6H14N2OS/c1-3-5(10-2)4-6(7)8-9/h5,9H,3-4H2,1-2H3,(H2,7,8). The second-order valence-corrected chi connectivity index (χ2v) is 3.20. The van der Waals surface area contributed by atoms with Gasteiger partial charge in [-0.3, -0.25) is 0 Å². The zero-order chi connectivity index (χ0) is 7.98. The zero-order valence-electron chi connectivity index (χ0n) is 6.37. The van der Waals surface area contributed by atoms with E-state index in [0.717, 1.165) is 6.42 Å². The molecule has 3 nitrogen and oxygen atoms in total. The summed E-state index contributed by atoms with van der Waals surface area (Å²) < 4.78 is 0. The number of amidine groups is 1. The molecule has 0 aliphatic carbocycles. The number of nitrogens with two attached hydrogens (primary N) is 1. The summed E-state index contributed by atoms with van der Waals surface area (Å²) in [4.78, 5) is 0. The van der Waals surface area contributed by atoms with Crippen molar-refractivity contribution >= 4 is 17.6 Å². The second-order valence-electron chi connectivity index (χ2n) is 2.06. The molecule has 1 unspecified atom stereocenters. The molecule has 1 atom stereocenters. The van der Waals surface area contributed by atoms with Crippen molar-refractivity contribution < 1.29 is 5.21 Å². The van der Waals surface area contributed by atoms with Gasteiger partial charge in [0.1, 0.15) is 5.84 Å². The van der Waals surface area contributed by atoms with Crippen LogP contribution in [-0.4, -0.2) is 22.5 Å². The predicted octanol–water partition coefficient (Wildman–Crippen LogP) is 1.26. The van der Waals surface area contributed by atoms with E-state index in [1.807, 2.05) is 6.26 Å². The Balaban J connectivity index is 3.63. The molecule has 3 N–H and O–H groups in total. The summed E-state index contributed by atoms with van der Waals surface area (Å²) in [5.41, 5.74) is 5.31. The fourth-order valence-electron chi connectivity index (χ4n) is 0.668. The highest BCUT2D eigenvalue weighted by Gasteiger charge is 2.05. The maximum Gasteiger partial charge on any atom is 0.140 e. The van der Waals surface area contributed by atoms with Crippen molar-refractivity contribution in [3.05, 3.63) is 0 Å². The van der Waals surface area contributed by atoms with Gasteiger partial charge in [-0.05, 0) is 12.7 Å². The fourth-order valence-corrected chi connectivity index (χ4v) is 1.34. The summed E-state index contributed by atoms with van der Waals surface area (Å²) >= 11 is 1.74. The normalized spacial score (nSPS) is 15.2. The van der Waals surface area contributed by atoms with Gasteiger partial charge in [-0.15, -0.1) is 0 Å². The smallest absolute Gasteiger partial charge is 0.140 e. The Bertz CT molecular complexity index is 112. The third-order valence-corrected chi connectivity index (χ3v) is 2.52.